The van der Waals surface area contributed by atoms with Crippen LogP contribution in [0, 0.1) is 0 Å². The number of ether oxygens (including phenoxy) is 2. The Kier molecular flexibility index (Phi) is 7.04. The molecule has 0 fully saturated rings. The van der Waals surface area contributed by atoms with Crippen molar-refractivity contribution < 1.29 is 49.8 Å². The van der Waals surface area contributed by atoms with Gasteiger partial charge in [-0.2, -0.15) is 30.7 Å². The quantitative estimate of drug-likeness (QED) is 0.555. The van der Waals surface area contributed by atoms with E-state index in [0.717, 1.165) is 0 Å². The van der Waals surface area contributed by atoms with Crippen molar-refractivity contribution in [3.8, 4) is 0 Å². The number of halogens is 7. The van der Waals surface area contributed by atoms with Gasteiger partial charge in [0, 0.05) is 6.42 Å². The first kappa shape index (κ1) is 22.5. The van der Waals surface area contributed by atoms with Gasteiger partial charge in [-0.15, -0.1) is 0 Å². The Bertz CT molecular complexity index is 649. The van der Waals surface area contributed by atoms with Crippen molar-refractivity contribution >= 4 is 12.1 Å². The number of amides is 1. The van der Waals surface area contributed by atoms with Crippen molar-refractivity contribution in [1.29, 1.82) is 0 Å². The highest BCUT2D eigenvalue weighted by Gasteiger charge is 2.73. The molecule has 1 aromatic rings. The lowest BCUT2D eigenvalue weighted by Gasteiger charge is -2.30. The first-order chi connectivity index (χ1) is 12.3. The number of carbonyl (C=O) groups is 2. The van der Waals surface area contributed by atoms with Gasteiger partial charge in [0.15, 0.2) is 0 Å². The number of alkyl halides is 7. The molecule has 152 valence electrons. The molecule has 1 N–H and O–H groups in total. The minimum absolute atomic E-state index is 0.365. The van der Waals surface area contributed by atoms with Crippen LogP contribution >= 0.6 is 0 Å². The topological polar surface area (TPSA) is 64.6 Å². The fraction of sp³-hybridized carbons (Fsp3) is 0.467. The van der Waals surface area contributed by atoms with Crippen LogP contribution in [-0.2, 0) is 20.9 Å². The predicted octanol–water partition coefficient (Wildman–Crippen LogP) is 3.68. The van der Waals surface area contributed by atoms with Crippen LogP contribution in [0.1, 0.15) is 12.0 Å². The summed E-state index contributed by atoms with van der Waals surface area (Å²) in [6.45, 7) is -0.365. The second kappa shape index (κ2) is 8.44. The molecule has 0 heterocycles. The van der Waals surface area contributed by atoms with Crippen LogP contribution in [0.5, 0.6) is 0 Å². The van der Waals surface area contributed by atoms with E-state index >= 15 is 0 Å². The molecule has 27 heavy (non-hydrogen) atoms. The summed E-state index contributed by atoms with van der Waals surface area (Å²) < 4.78 is 98.1. The number of benzene rings is 1. The Hall–Kier alpha value is -2.53. The third-order valence-corrected chi connectivity index (χ3v) is 3.27. The highest BCUT2D eigenvalue weighted by Crippen LogP contribution is 2.48. The first-order valence-electron chi connectivity index (χ1n) is 7.19. The molecule has 0 spiro atoms. The summed E-state index contributed by atoms with van der Waals surface area (Å²) in [5.41, 5.74) is 0.469. The number of alkyl carbamates (subject to hydrolysis) is 1. The monoisotopic (exact) mass is 405 g/mol. The zero-order chi connectivity index (χ0) is 20.9. The normalized spacial score (nSPS) is 13.6. The smallest absolute Gasteiger partial charge is 0.459 e. The summed E-state index contributed by atoms with van der Waals surface area (Å²) in [5, 5.41) is 1.50. The SMILES string of the molecule is COC(=O)[C@H](CC(F)(F)C(F)(F)C(F)(F)F)NC(=O)OCc1ccccc1. The van der Waals surface area contributed by atoms with Crippen LogP contribution < -0.4 is 5.32 Å². The highest BCUT2D eigenvalue weighted by molar-refractivity contribution is 5.81. The zero-order valence-electron chi connectivity index (χ0n) is 13.7. The van der Waals surface area contributed by atoms with Gasteiger partial charge in [0.2, 0.25) is 0 Å². The van der Waals surface area contributed by atoms with Crippen LogP contribution in [-0.4, -0.2) is 43.2 Å². The lowest BCUT2D eigenvalue weighted by Crippen LogP contribution is -2.56. The van der Waals surface area contributed by atoms with E-state index in [0.29, 0.717) is 12.7 Å². The lowest BCUT2D eigenvalue weighted by atomic mass is 10.0. The fourth-order valence-corrected chi connectivity index (χ4v) is 1.83. The van der Waals surface area contributed by atoms with Crippen LogP contribution in [0.25, 0.3) is 0 Å². The van der Waals surface area contributed by atoms with Crippen molar-refractivity contribution in [3.05, 3.63) is 35.9 Å². The molecule has 1 aromatic carbocycles. The number of nitrogens with one attached hydrogen (secondary N) is 1. The fourth-order valence-electron chi connectivity index (χ4n) is 1.83. The molecule has 12 heteroatoms. The number of hydrogen-bond acceptors (Lipinski definition) is 4. The standard InChI is InChI=1S/C15H14F7NO4/c1-26-11(24)10(7-13(16,17)14(18,19)15(20,21)22)23-12(25)27-8-9-5-3-2-4-6-9/h2-6,10H,7-8H2,1H3,(H,23,25)/t10-/m0/s1. The average Bonchev–Trinajstić information content (AvgIpc) is 2.58. The number of methoxy groups -OCH3 is 1. The summed E-state index contributed by atoms with van der Waals surface area (Å²) in [6.07, 6.45) is -10.4. The Morgan fingerprint density at radius 2 is 1.59 bits per heavy atom. The van der Waals surface area contributed by atoms with Crippen molar-refractivity contribution in [2.45, 2.75) is 37.1 Å². The van der Waals surface area contributed by atoms with E-state index < -0.39 is 42.5 Å². The molecule has 0 radical (unpaired) electrons. The number of rotatable bonds is 7. The molecule has 0 saturated heterocycles. The summed E-state index contributed by atoms with van der Waals surface area (Å²) in [7, 11) is 0.673. The Labute approximate surface area is 148 Å². The molecule has 0 aliphatic carbocycles. The third-order valence-electron chi connectivity index (χ3n) is 3.27. The minimum Gasteiger partial charge on any atom is -0.467 e. The van der Waals surface area contributed by atoms with E-state index in [1.807, 2.05) is 0 Å². The maximum atomic E-state index is 13.5. The molecule has 0 bridgehead atoms. The van der Waals surface area contributed by atoms with Crippen LogP contribution in [0.15, 0.2) is 30.3 Å². The summed E-state index contributed by atoms with van der Waals surface area (Å²) in [5.74, 6) is -13.8. The molecule has 0 unspecified atom stereocenters. The van der Waals surface area contributed by atoms with Gasteiger partial charge in [-0.3, -0.25) is 0 Å². The molecular formula is C15H14F7NO4. The van der Waals surface area contributed by atoms with E-state index in [1.54, 1.807) is 18.2 Å². The largest absolute Gasteiger partial charge is 0.467 e. The van der Waals surface area contributed by atoms with Gasteiger partial charge in [0.05, 0.1) is 7.11 Å². The number of carbonyl (C=O) groups excluding carboxylic acids is 2. The molecule has 1 amide bonds. The maximum Gasteiger partial charge on any atom is 0.459 e. The van der Waals surface area contributed by atoms with Crippen LogP contribution in [0.3, 0.4) is 0 Å². The van der Waals surface area contributed by atoms with E-state index in [9.17, 15) is 40.3 Å². The molecule has 0 aliphatic heterocycles. The van der Waals surface area contributed by atoms with Crippen molar-refractivity contribution in [1.82, 2.24) is 5.32 Å². The van der Waals surface area contributed by atoms with Gasteiger partial charge < -0.3 is 14.8 Å². The van der Waals surface area contributed by atoms with Gasteiger partial charge in [0.25, 0.3) is 0 Å². The molecule has 0 aromatic heterocycles. The summed E-state index contributed by atoms with van der Waals surface area (Å²) in [4.78, 5) is 23.0. The summed E-state index contributed by atoms with van der Waals surface area (Å²) in [6, 6.07) is 5.40. The Balaban J connectivity index is 2.84. The van der Waals surface area contributed by atoms with Gasteiger partial charge >= 0.3 is 30.1 Å². The zero-order valence-corrected chi connectivity index (χ0v) is 13.7. The molecule has 1 rings (SSSR count). The van der Waals surface area contributed by atoms with E-state index in [-0.39, 0.29) is 6.61 Å². The van der Waals surface area contributed by atoms with Crippen molar-refractivity contribution in [2.24, 2.45) is 0 Å². The number of esters is 1. The first-order valence-corrected chi connectivity index (χ1v) is 7.19. The van der Waals surface area contributed by atoms with Gasteiger partial charge in [-0.25, -0.2) is 9.59 Å². The van der Waals surface area contributed by atoms with Crippen LogP contribution in [0.4, 0.5) is 35.5 Å². The van der Waals surface area contributed by atoms with Gasteiger partial charge in [0.1, 0.15) is 12.6 Å². The van der Waals surface area contributed by atoms with Crippen LogP contribution in [0.2, 0.25) is 0 Å². The predicted molar refractivity (Wildman–Crippen MR) is 76.1 cm³/mol. The van der Waals surface area contributed by atoms with Crippen molar-refractivity contribution in [3.63, 3.8) is 0 Å². The molecule has 1 atom stereocenters. The molecule has 0 aliphatic rings. The second-order valence-corrected chi connectivity index (χ2v) is 5.26. The van der Waals surface area contributed by atoms with Gasteiger partial charge in [-0.05, 0) is 5.56 Å². The van der Waals surface area contributed by atoms with E-state index in [1.165, 1.54) is 17.4 Å². The third kappa shape index (κ3) is 5.73. The number of hydrogen-bond donors (Lipinski definition) is 1. The molecule has 0 saturated carbocycles. The highest BCUT2D eigenvalue weighted by atomic mass is 19.4. The Morgan fingerprint density at radius 3 is 2.07 bits per heavy atom. The van der Waals surface area contributed by atoms with Crippen molar-refractivity contribution in [2.75, 3.05) is 7.11 Å². The minimum atomic E-state index is -6.56. The van der Waals surface area contributed by atoms with E-state index in [2.05, 4.69) is 9.47 Å². The summed E-state index contributed by atoms with van der Waals surface area (Å²) >= 11 is 0. The van der Waals surface area contributed by atoms with E-state index in [4.69, 9.17) is 0 Å². The molecule has 5 nitrogen and oxygen atoms in total. The average molecular weight is 405 g/mol. The molecular weight excluding hydrogens is 391 g/mol. The Morgan fingerprint density at radius 1 is 1.04 bits per heavy atom. The van der Waals surface area contributed by atoms with Gasteiger partial charge in [-0.1, -0.05) is 30.3 Å². The maximum absolute atomic E-state index is 13.5. The second-order valence-electron chi connectivity index (χ2n) is 5.26. The lowest BCUT2D eigenvalue weighted by molar-refractivity contribution is -0.356.